The molecule has 0 heterocycles. The van der Waals surface area contributed by atoms with Gasteiger partial charge in [-0.25, -0.2) is 0 Å². The molecule has 0 unspecified atom stereocenters. The first-order valence-corrected chi connectivity index (χ1v) is 8.54. The molecule has 1 saturated carbocycles. The Hall–Kier alpha value is -2.82. The smallest absolute Gasteiger partial charge is 0.251 e. The van der Waals surface area contributed by atoms with Crippen molar-refractivity contribution in [2.75, 3.05) is 0 Å². The fraction of sp³-hybridized carbons (Fsp3) is 0.300. The van der Waals surface area contributed by atoms with Crippen molar-refractivity contribution in [2.45, 2.75) is 38.3 Å². The lowest BCUT2D eigenvalue weighted by Gasteiger charge is -2.12. The first-order chi connectivity index (χ1) is 12.1. The number of carbonyl (C=O) groups is 2. The van der Waals surface area contributed by atoms with Crippen LogP contribution in [0.15, 0.2) is 48.5 Å². The van der Waals surface area contributed by atoms with Gasteiger partial charge in [-0.05, 0) is 54.8 Å². The maximum atomic E-state index is 12.2. The van der Waals surface area contributed by atoms with Crippen LogP contribution in [0.4, 0.5) is 0 Å². The lowest BCUT2D eigenvalue weighted by molar-refractivity contribution is 0.0936. The van der Waals surface area contributed by atoms with Crippen molar-refractivity contribution in [1.29, 1.82) is 0 Å². The van der Waals surface area contributed by atoms with Gasteiger partial charge in [-0.15, -0.1) is 0 Å². The van der Waals surface area contributed by atoms with Crippen LogP contribution in [-0.2, 0) is 6.61 Å². The van der Waals surface area contributed by atoms with Gasteiger partial charge >= 0.3 is 0 Å². The van der Waals surface area contributed by atoms with E-state index in [4.69, 9.17) is 10.5 Å². The van der Waals surface area contributed by atoms with Crippen molar-refractivity contribution < 1.29 is 14.3 Å². The highest BCUT2D eigenvalue weighted by molar-refractivity contribution is 5.94. The Bertz CT molecular complexity index is 750. The molecule has 5 heteroatoms. The third kappa shape index (κ3) is 4.59. The molecule has 2 amide bonds. The normalized spacial score (nSPS) is 14.2. The number of benzene rings is 2. The molecule has 1 aliphatic carbocycles. The Morgan fingerprint density at radius 1 is 1.04 bits per heavy atom. The summed E-state index contributed by atoms with van der Waals surface area (Å²) in [4.78, 5) is 23.4. The number of nitrogens with one attached hydrogen (secondary N) is 1. The van der Waals surface area contributed by atoms with Crippen LogP contribution in [0.3, 0.4) is 0 Å². The molecular weight excluding hydrogens is 316 g/mol. The molecular formula is C20H22N2O3. The summed E-state index contributed by atoms with van der Waals surface area (Å²) >= 11 is 0. The largest absolute Gasteiger partial charge is 0.489 e. The zero-order chi connectivity index (χ0) is 17.6. The van der Waals surface area contributed by atoms with Gasteiger partial charge < -0.3 is 15.8 Å². The molecule has 0 radical (unpaired) electrons. The van der Waals surface area contributed by atoms with Crippen molar-refractivity contribution in [3.8, 4) is 5.75 Å². The van der Waals surface area contributed by atoms with E-state index in [0.29, 0.717) is 29.5 Å². The number of carbonyl (C=O) groups excluding carboxylic acids is 2. The Kier molecular flexibility index (Phi) is 5.33. The van der Waals surface area contributed by atoms with Crippen LogP contribution < -0.4 is 15.8 Å². The zero-order valence-corrected chi connectivity index (χ0v) is 14.0. The minimum absolute atomic E-state index is 0.0346. The van der Waals surface area contributed by atoms with Gasteiger partial charge in [0.2, 0.25) is 5.91 Å². The average Bonchev–Trinajstić information content (AvgIpc) is 3.13. The Labute approximate surface area is 147 Å². The Balaban J connectivity index is 1.56. The van der Waals surface area contributed by atoms with Gasteiger partial charge in [0.15, 0.2) is 0 Å². The van der Waals surface area contributed by atoms with Crippen LogP contribution in [-0.4, -0.2) is 17.9 Å². The summed E-state index contributed by atoms with van der Waals surface area (Å²) in [5.41, 5.74) is 7.23. The van der Waals surface area contributed by atoms with Gasteiger partial charge in [0, 0.05) is 17.2 Å². The van der Waals surface area contributed by atoms with Crippen LogP contribution in [0.1, 0.15) is 52.0 Å². The molecule has 0 spiro atoms. The van der Waals surface area contributed by atoms with E-state index >= 15 is 0 Å². The van der Waals surface area contributed by atoms with E-state index in [1.54, 1.807) is 42.5 Å². The van der Waals surface area contributed by atoms with Crippen LogP contribution in [0.25, 0.3) is 0 Å². The summed E-state index contributed by atoms with van der Waals surface area (Å²) in [6.45, 7) is 0.328. The Morgan fingerprint density at radius 3 is 2.44 bits per heavy atom. The van der Waals surface area contributed by atoms with Crippen molar-refractivity contribution in [2.24, 2.45) is 5.73 Å². The Morgan fingerprint density at radius 2 is 1.76 bits per heavy atom. The highest BCUT2D eigenvalue weighted by Gasteiger charge is 2.17. The summed E-state index contributed by atoms with van der Waals surface area (Å²) in [6, 6.07) is 14.4. The molecule has 0 atom stereocenters. The number of amides is 2. The van der Waals surface area contributed by atoms with Crippen LogP contribution in [0, 0.1) is 0 Å². The minimum Gasteiger partial charge on any atom is -0.489 e. The minimum atomic E-state index is -0.459. The lowest BCUT2D eigenvalue weighted by atomic mass is 10.1. The molecule has 3 N–H and O–H groups in total. The third-order valence-electron chi connectivity index (χ3n) is 4.42. The predicted molar refractivity (Wildman–Crippen MR) is 95.5 cm³/mol. The highest BCUT2D eigenvalue weighted by atomic mass is 16.5. The number of ether oxygens (including phenoxy) is 1. The second-order valence-corrected chi connectivity index (χ2v) is 6.33. The molecule has 0 saturated heterocycles. The molecule has 1 fully saturated rings. The number of rotatable bonds is 6. The van der Waals surface area contributed by atoms with E-state index in [2.05, 4.69) is 5.32 Å². The van der Waals surface area contributed by atoms with E-state index in [-0.39, 0.29) is 5.91 Å². The maximum absolute atomic E-state index is 12.2. The first-order valence-electron chi connectivity index (χ1n) is 8.54. The quantitative estimate of drug-likeness (QED) is 0.849. The van der Waals surface area contributed by atoms with Gasteiger partial charge in [0.1, 0.15) is 12.4 Å². The molecule has 130 valence electrons. The van der Waals surface area contributed by atoms with E-state index in [1.807, 2.05) is 6.07 Å². The van der Waals surface area contributed by atoms with Gasteiger partial charge in [-0.2, -0.15) is 0 Å². The lowest BCUT2D eigenvalue weighted by Crippen LogP contribution is -2.32. The van der Waals surface area contributed by atoms with Crippen molar-refractivity contribution in [1.82, 2.24) is 5.32 Å². The topological polar surface area (TPSA) is 81.4 Å². The summed E-state index contributed by atoms with van der Waals surface area (Å²) in [5.74, 6) is 0.175. The van der Waals surface area contributed by atoms with Gasteiger partial charge in [0.05, 0.1) is 0 Å². The summed E-state index contributed by atoms with van der Waals surface area (Å²) in [6.07, 6.45) is 4.51. The third-order valence-corrected chi connectivity index (χ3v) is 4.42. The van der Waals surface area contributed by atoms with Gasteiger partial charge in [0.25, 0.3) is 5.91 Å². The number of nitrogens with two attached hydrogens (primary N) is 1. The number of hydrogen-bond acceptors (Lipinski definition) is 3. The van der Waals surface area contributed by atoms with E-state index in [9.17, 15) is 9.59 Å². The van der Waals surface area contributed by atoms with Gasteiger partial charge in [-0.1, -0.05) is 25.0 Å². The number of hydrogen-bond donors (Lipinski definition) is 2. The molecule has 1 aliphatic rings. The molecule has 2 aromatic carbocycles. The second-order valence-electron chi connectivity index (χ2n) is 6.33. The fourth-order valence-electron chi connectivity index (χ4n) is 3.02. The molecule has 0 bridgehead atoms. The first kappa shape index (κ1) is 17.0. The standard InChI is InChI=1S/C20H22N2O3/c21-19(23)16-5-3-4-14(12-16)13-25-18-10-8-15(9-11-18)20(24)22-17-6-1-2-7-17/h3-5,8-12,17H,1-2,6-7,13H2,(H2,21,23)(H,22,24). The van der Waals surface area contributed by atoms with Crippen LogP contribution in [0.2, 0.25) is 0 Å². The molecule has 3 rings (SSSR count). The zero-order valence-electron chi connectivity index (χ0n) is 14.0. The van der Waals surface area contributed by atoms with Crippen molar-refractivity contribution >= 4 is 11.8 Å². The van der Waals surface area contributed by atoms with Crippen LogP contribution >= 0.6 is 0 Å². The number of primary amides is 1. The van der Waals surface area contributed by atoms with Crippen molar-refractivity contribution in [3.63, 3.8) is 0 Å². The van der Waals surface area contributed by atoms with E-state index in [0.717, 1.165) is 18.4 Å². The maximum Gasteiger partial charge on any atom is 0.251 e. The van der Waals surface area contributed by atoms with Crippen molar-refractivity contribution in [3.05, 3.63) is 65.2 Å². The summed E-state index contributed by atoms with van der Waals surface area (Å²) in [7, 11) is 0. The summed E-state index contributed by atoms with van der Waals surface area (Å²) in [5, 5.41) is 3.07. The molecule has 2 aromatic rings. The highest BCUT2D eigenvalue weighted by Crippen LogP contribution is 2.19. The monoisotopic (exact) mass is 338 g/mol. The average molecular weight is 338 g/mol. The predicted octanol–water partition coefficient (Wildman–Crippen LogP) is 3.04. The van der Waals surface area contributed by atoms with E-state index < -0.39 is 5.91 Å². The van der Waals surface area contributed by atoms with Crippen LogP contribution in [0.5, 0.6) is 5.75 Å². The SMILES string of the molecule is NC(=O)c1cccc(COc2ccc(C(=O)NC3CCCC3)cc2)c1. The molecule has 25 heavy (non-hydrogen) atoms. The summed E-state index contributed by atoms with van der Waals surface area (Å²) < 4.78 is 5.71. The molecule has 5 nitrogen and oxygen atoms in total. The van der Waals surface area contributed by atoms with E-state index in [1.165, 1.54) is 12.8 Å². The molecule has 0 aliphatic heterocycles. The second kappa shape index (κ2) is 7.83. The molecule has 0 aromatic heterocycles. The van der Waals surface area contributed by atoms with Gasteiger partial charge in [-0.3, -0.25) is 9.59 Å². The fourth-order valence-corrected chi connectivity index (χ4v) is 3.02.